The SMILES string of the molecule is O=C(Cc1csc(Cc2ccccc2)n1)Nc1ccc(C(=O)N2CC(=O)Nc3ccccc32)cc1. The molecule has 3 aromatic carbocycles. The van der Waals surface area contributed by atoms with Crippen molar-refractivity contribution in [3.8, 4) is 0 Å². The summed E-state index contributed by atoms with van der Waals surface area (Å²) in [6, 6.07) is 23.9. The second kappa shape index (κ2) is 9.90. The van der Waals surface area contributed by atoms with Crippen LogP contribution in [-0.4, -0.2) is 29.3 Å². The highest BCUT2D eigenvalue weighted by atomic mass is 32.1. The molecular weight excluding hydrogens is 460 g/mol. The second-order valence-electron chi connectivity index (χ2n) is 8.15. The highest BCUT2D eigenvalue weighted by molar-refractivity contribution is 7.09. The first-order valence-corrected chi connectivity index (χ1v) is 12.0. The van der Waals surface area contributed by atoms with Crippen LogP contribution in [0.2, 0.25) is 0 Å². The lowest BCUT2D eigenvalue weighted by Gasteiger charge is -2.29. The number of thiazole rings is 1. The van der Waals surface area contributed by atoms with Crippen LogP contribution >= 0.6 is 11.3 Å². The standard InChI is InChI=1S/C27H22N4O3S/c32-24(15-21-17-35-26(29-21)14-18-6-2-1-3-7-18)28-20-12-10-19(11-13-20)27(34)31-16-25(33)30-22-8-4-5-9-23(22)31/h1-13,17H,14-16H2,(H,28,32)(H,30,33). The van der Waals surface area contributed by atoms with E-state index in [4.69, 9.17) is 0 Å². The Bertz CT molecular complexity index is 1380. The highest BCUT2D eigenvalue weighted by Crippen LogP contribution is 2.30. The second-order valence-corrected chi connectivity index (χ2v) is 9.10. The molecule has 0 aliphatic carbocycles. The predicted molar refractivity (Wildman–Crippen MR) is 137 cm³/mol. The molecule has 8 heteroatoms. The van der Waals surface area contributed by atoms with E-state index in [2.05, 4.69) is 27.8 Å². The molecule has 1 aliphatic rings. The number of anilines is 3. The van der Waals surface area contributed by atoms with Gasteiger partial charge in [-0.3, -0.25) is 19.3 Å². The predicted octanol–water partition coefficient (Wildman–Crippen LogP) is 4.51. The van der Waals surface area contributed by atoms with Crippen LogP contribution < -0.4 is 15.5 Å². The van der Waals surface area contributed by atoms with Crippen molar-refractivity contribution in [3.05, 3.63) is 106 Å². The maximum atomic E-state index is 13.1. The number of hydrogen-bond donors (Lipinski definition) is 2. The quantitative estimate of drug-likeness (QED) is 0.423. The number of amides is 3. The van der Waals surface area contributed by atoms with E-state index in [1.165, 1.54) is 10.5 Å². The minimum atomic E-state index is -0.279. The Morgan fingerprint density at radius 1 is 0.971 bits per heavy atom. The molecular formula is C27H22N4O3S. The van der Waals surface area contributed by atoms with Crippen LogP contribution in [0.25, 0.3) is 0 Å². The lowest BCUT2D eigenvalue weighted by Crippen LogP contribution is -2.42. The van der Waals surface area contributed by atoms with Crippen LogP contribution in [0.5, 0.6) is 0 Å². The van der Waals surface area contributed by atoms with E-state index in [1.54, 1.807) is 53.8 Å². The minimum absolute atomic E-state index is 0.0474. The summed E-state index contributed by atoms with van der Waals surface area (Å²) >= 11 is 1.54. The van der Waals surface area contributed by atoms with Crippen molar-refractivity contribution in [2.45, 2.75) is 12.8 Å². The molecule has 7 nitrogen and oxygen atoms in total. The summed E-state index contributed by atoms with van der Waals surface area (Å²) < 4.78 is 0. The molecule has 174 valence electrons. The molecule has 2 heterocycles. The molecule has 0 saturated heterocycles. The first-order valence-electron chi connectivity index (χ1n) is 11.1. The van der Waals surface area contributed by atoms with Gasteiger partial charge in [0.1, 0.15) is 6.54 Å². The maximum absolute atomic E-state index is 13.1. The van der Waals surface area contributed by atoms with Gasteiger partial charge in [-0.15, -0.1) is 11.3 Å². The summed E-state index contributed by atoms with van der Waals surface area (Å²) in [5.41, 5.74) is 4.19. The van der Waals surface area contributed by atoms with Crippen LogP contribution in [-0.2, 0) is 22.4 Å². The average molecular weight is 483 g/mol. The van der Waals surface area contributed by atoms with Crippen LogP contribution in [0.4, 0.5) is 17.1 Å². The van der Waals surface area contributed by atoms with Gasteiger partial charge in [0.15, 0.2) is 0 Å². The van der Waals surface area contributed by atoms with Gasteiger partial charge in [-0.1, -0.05) is 42.5 Å². The Hall–Kier alpha value is -4.30. The lowest BCUT2D eigenvalue weighted by atomic mass is 10.1. The van der Waals surface area contributed by atoms with Crippen LogP contribution in [0.1, 0.15) is 26.6 Å². The van der Waals surface area contributed by atoms with E-state index in [0.717, 1.165) is 17.1 Å². The monoisotopic (exact) mass is 482 g/mol. The number of carbonyl (C=O) groups is 3. The van der Waals surface area contributed by atoms with E-state index in [1.807, 2.05) is 29.6 Å². The smallest absolute Gasteiger partial charge is 0.258 e. The average Bonchev–Trinajstić information content (AvgIpc) is 3.30. The van der Waals surface area contributed by atoms with E-state index in [-0.39, 0.29) is 30.7 Å². The van der Waals surface area contributed by atoms with Crippen molar-refractivity contribution in [2.24, 2.45) is 0 Å². The summed E-state index contributed by atoms with van der Waals surface area (Å²) in [6.45, 7) is -0.0474. The van der Waals surface area contributed by atoms with Crippen molar-refractivity contribution in [2.75, 3.05) is 22.1 Å². The molecule has 0 unspecified atom stereocenters. The number of hydrogen-bond acceptors (Lipinski definition) is 5. The summed E-state index contributed by atoms with van der Waals surface area (Å²) in [5, 5.41) is 8.51. The van der Waals surface area contributed by atoms with Crippen molar-refractivity contribution in [3.63, 3.8) is 0 Å². The van der Waals surface area contributed by atoms with E-state index in [0.29, 0.717) is 22.6 Å². The van der Waals surface area contributed by atoms with Gasteiger partial charge in [-0.25, -0.2) is 4.98 Å². The number of carbonyl (C=O) groups excluding carboxylic acids is 3. The van der Waals surface area contributed by atoms with Crippen LogP contribution in [0.3, 0.4) is 0 Å². The number of fused-ring (bicyclic) bond motifs is 1. The van der Waals surface area contributed by atoms with Gasteiger partial charge in [0.2, 0.25) is 11.8 Å². The molecule has 0 saturated carbocycles. The Labute approximate surface area is 206 Å². The Morgan fingerprint density at radius 2 is 1.71 bits per heavy atom. The number of nitrogens with zero attached hydrogens (tertiary/aromatic N) is 2. The molecule has 0 spiro atoms. The van der Waals surface area contributed by atoms with Crippen LogP contribution in [0.15, 0.2) is 84.2 Å². The van der Waals surface area contributed by atoms with Gasteiger partial charge in [-0.05, 0) is 42.0 Å². The zero-order valence-electron chi connectivity index (χ0n) is 18.7. The van der Waals surface area contributed by atoms with Crippen molar-refractivity contribution in [1.82, 2.24) is 4.98 Å². The van der Waals surface area contributed by atoms with Crippen molar-refractivity contribution < 1.29 is 14.4 Å². The molecule has 1 aromatic heterocycles. The van der Waals surface area contributed by atoms with Crippen LogP contribution in [0, 0.1) is 0 Å². The number of aromatic nitrogens is 1. The fourth-order valence-electron chi connectivity index (χ4n) is 3.92. The number of benzene rings is 3. The van der Waals surface area contributed by atoms with Gasteiger partial charge in [0.05, 0.1) is 28.5 Å². The van der Waals surface area contributed by atoms with E-state index >= 15 is 0 Å². The Balaban J connectivity index is 1.20. The van der Waals surface area contributed by atoms with Gasteiger partial charge < -0.3 is 10.6 Å². The molecule has 3 amide bonds. The fraction of sp³-hybridized carbons (Fsp3) is 0.111. The van der Waals surface area contributed by atoms with E-state index in [9.17, 15) is 14.4 Å². The van der Waals surface area contributed by atoms with Crippen molar-refractivity contribution in [1.29, 1.82) is 0 Å². The van der Waals surface area contributed by atoms with Gasteiger partial charge in [0, 0.05) is 23.1 Å². The molecule has 0 bridgehead atoms. The Kier molecular flexibility index (Phi) is 6.36. The topological polar surface area (TPSA) is 91.4 Å². The fourth-order valence-corrected chi connectivity index (χ4v) is 4.75. The molecule has 0 radical (unpaired) electrons. The number of nitrogens with one attached hydrogen (secondary N) is 2. The third-order valence-electron chi connectivity index (χ3n) is 5.57. The number of para-hydroxylation sites is 2. The molecule has 0 atom stereocenters. The summed E-state index contributed by atoms with van der Waals surface area (Å²) in [4.78, 5) is 43.7. The largest absolute Gasteiger partial charge is 0.326 e. The zero-order chi connectivity index (χ0) is 24.2. The minimum Gasteiger partial charge on any atom is -0.326 e. The Morgan fingerprint density at radius 3 is 2.51 bits per heavy atom. The maximum Gasteiger partial charge on any atom is 0.258 e. The summed E-state index contributed by atoms with van der Waals surface area (Å²) in [6.07, 6.45) is 0.914. The summed E-state index contributed by atoms with van der Waals surface area (Å²) in [5.74, 6) is -0.698. The number of rotatable bonds is 6. The first kappa shape index (κ1) is 22.5. The third-order valence-corrected chi connectivity index (χ3v) is 6.47. The normalized spacial score (nSPS) is 12.6. The zero-order valence-corrected chi connectivity index (χ0v) is 19.5. The first-order chi connectivity index (χ1) is 17.0. The lowest BCUT2D eigenvalue weighted by molar-refractivity contribution is -0.116. The van der Waals surface area contributed by atoms with Gasteiger partial charge >= 0.3 is 0 Å². The molecule has 1 aliphatic heterocycles. The molecule has 5 rings (SSSR count). The summed E-state index contributed by atoms with van der Waals surface area (Å²) in [7, 11) is 0. The third kappa shape index (κ3) is 5.28. The van der Waals surface area contributed by atoms with Gasteiger partial charge in [0.25, 0.3) is 5.91 Å². The van der Waals surface area contributed by atoms with E-state index < -0.39 is 0 Å². The molecule has 35 heavy (non-hydrogen) atoms. The molecule has 0 fully saturated rings. The highest BCUT2D eigenvalue weighted by Gasteiger charge is 2.27. The van der Waals surface area contributed by atoms with Crippen molar-refractivity contribution >= 4 is 46.1 Å². The molecule has 4 aromatic rings. The van der Waals surface area contributed by atoms with Gasteiger partial charge in [-0.2, -0.15) is 0 Å². The molecule has 2 N–H and O–H groups in total.